The summed E-state index contributed by atoms with van der Waals surface area (Å²) < 4.78 is 14.2. The number of halogens is 1. The molecule has 0 aliphatic heterocycles. The number of rotatable bonds is 7. The number of hydrogen-bond donors (Lipinski definition) is 2. The first-order chi connectivity index (χ1) is 15.2. The van der Waals surface area contributed by atoms with Gasteiger partial charge >= 0.3 is 0 Å². The Bertz CT molecular complexity index is 1150. The van der Waals surface area contributed by atoms with Crippen LogP contribution in [0.4, 0.5) is 10.1 Å². The SMILES string of the molecule is CC(C)c1ccc([C@@H](C)NC(=O)Cn2cc(C(=O)Nc3ccc(F)cc3)ccc2=O)cc1. The largest absolute Gasteiger partial charge is 0.348 e. The van der Waals surface area contributed by atoms with Gasteiger partial charge in [0.1, 0.15) is 12.4 Å². The smallest absolute Gasteiger partial charge is 0.257 e. The summed E-state index contributed by atoms with van der Waals surface area (Å²) in [5.41, 5.74) is 2.41. The molecule has 166 valence electrons. The van der Waals surface area contributed by atoms with Crippen LogP contribution in [0.5, 0.6) is 0 Å². The van der Waals surface area contributed by atoms with E-state index in [0.717, 1.165) is 5.56 Å². The van der Waals surface area contributed by atoms with Crippen LogP contribution in [0.1, 0.15) is 54.2 Å². The van der Waals surface area contributed by atoms with E-state index in [9.17, 15) is 18.8 Å². The number of amides is 2. The number of carbonyl (C=O) groups excluding carboxylic acids is 2. The lowest BCUT2D eigenvalue weighted by Gasteiger charge is -2.16. The maximum Gasteiger partial charge on any atom is 0.257 e. The Kier molecular flexibility index (Phi) is 7.20. The number of nitrogens with one attached hydrogen (secondary N) is 2. The van der Waals surface area contributed by atoms with Crippen molar-refractivity contribution in [3.8, 4) is 0 Å². The van der Waals surface area contributed by atoms with E-state index < -0.39 is 17.3 Å². The monoisotopic (exact) mass is 435 g/mol. The van der Waals surface area contributed by atoms with Gasteiger partial charge in [-0.25, -0.2) is 4.39 Å². The molecule has 0 radical (unpaired) electrons. The lowest BCUT2D eigenvalue weighted by molar-refractivity contribution is -0.122. The molecule has 1 atom stereocenters. The van der Waals surface area contributed by atoms with Gasteiger partial charge in [-0.2, -0.15) is 0 Å². The first-order valence-corrected chi connectivity index (χ1v) is 10.4. The second kappa shape index (κ2) is 10.0. The predicted octanol–water partition coefficient (Wildman–Crippen LogP) is 4.24. The van der Waals surface area contributed by atoms with Crippen LogP contribution in [0.2, 0.25) is 0 Å². The third-order valence-electron chi connectivity index (χ3n) is 5.14. The zero-order valence-corrected chi connectivity index (χ0v) is 18.3. The highest BCUT2D eigenvalue weighted by Crippen LogP contribution is 2.18. The molecular weight excluding hydrogens is 409 g/mol. The summed E-state index contributed by atoms with van der Waals surface area (Å²) in [5.74, 6) is -0.797. The summed E-state index contributed by atoms with van der Waals surface area (Å²) in [7, 11) is 0. The molecule has 0 fully saturated rings. The first-order valence-electron chi connectivity index (χ1n) is 10.4. The molecule has 0 unspecified atom stereocenters. The van der Waals surface area contributed by atoms with Crippen LogP contribution in [0.3, 0.4) is 0 Å². The normalized spacial score (nSPS) is 11.8. The van der Waals surface area contributed by atoms with E-state index in [1.807, 2.05) is 31.2 Å². The van der Waals surface area contributed by atoms with E-state index in [1.165, 1.54) is 52.7 Å². The topological polar surface area (TPSA) is 80.2 Å². The average Bonchev–Trinajstić information content (AvgIpc) is 2.76. The molecule has 2 N–H and O–H groups in total. The molecule has 2 amide bonds. The van der Waals surface area contributed by atoms with Crippen molar-refractivity contribution in [1.82, 2.24) is 9.88 Å². The Balaban J connectivity index is 1.65. The highest BCUT2D eigenvalue weighted by molar-refractivity contribution is 6.04. The van der Waals surface area contributed by atoms with Crippen molar-refractivity contribution in [2.45, 2.75) is 39.3 Å². The Morgan fingerprint density at radius 2 is 1.53 bits per heavy atom. The maximum absolute atomic E-state index is 13.0. The Hall–Kier alpha value is -3.74. The molecule has 3 rings (SSSR count). The second-order valence-corrected chi connectivity index (χ2v) is 7.96. The first kappa shape index (κ1) is 22.9. The molecule has 1 heterocycles. The fraction of sp³-hybridized carbons (Fsp3) is 0.240. The molecule has 32 heavy (non-hydrogen) atoms. The fourth-order valence-corrected chi connectivity index (χ4v) is 3.22. The highest BCUT2D eigenvalue weighted by atomic mass is 19.1. The van der Waals surface area contributed by atoms with Crippen molar-refractivity contribution < 1.29 is 14.0 Å². The standard InChI is InChI=1S/C25H26FN3O3/c1-16(2)18-4-6-19(7-5-18)17(3)27-23(30)15-29-14-20(8-13-24(29)31)25(32)28-22-11-9-21(26)10-12-22/h4-14,16-17H,15H2,1-3H3,(H,27,30)(H,28,32)/t17-/m1/s1. The molecule has 0 aliphatic carbocycles. The molecule has 0 aliphatic rings. The lowest BCUT2D eigenvalue weighted by Crippen LogP contribution is -2.34. The lowest BCUT2D eigenvalue weighted by atomic mass is 9.99. The molecular formula is C25H26FN3O3. The van der Waals surface area contributed by atoms with Crippen molar-refractivity contribution >= 4 is 17.5 Å². The van der Waals surface area contributed by atoms with Gasteiger partial charge in [0.05, 0.1) is 11.6 Å². The van der Waals surface area contributed by atoms with Crippen molar-refractivity contribution in [1.29, 1.82) is 0 Å². The number of anilines is 1. The molecule has 1 aromatic heterocycles. The van der Waals surface area contributed by atoms with Gasteiger partial charge in [-0.05, 0) is 54.3 Å². The molecule has 7 heteroatoms. The van der Waals surface area contributed by atoms with Crippen LogP contribution < -0.4 is 16.2 Å². The number of aromatic nitrogens is 1. The summed E-state index contributed by atoms with van der Waals surface area (Å²) >= 11 is 0. The van der Waals surface area contributed by atoms with E-state index in [-0.39, 0.29) is 24.1 Å². The van der Waals surface area contributed by atoms with Crippen LogP contribution in [0, 0.1) is 5.82 Å². The summed E-state index contributed by atoms with van der Waals surface area (Å²) in [6, 6.07) is 15.8. The molecule has 0 saturated carbocycles. The molecule has 3 aromatic rings. The minimum Gasteiger partial charge on any atom is -0.348 e. The van der Waals surface area contributed by atoms with Gasteiger partial charge in [0.2, 0.25) is 5.91 Å². The summed E-state index contributed by atoms with van der Waals surface area (Å²) in [4.78, 5) is 37.2. The van der Waals surface area contributed by atoms with Gasteiger partial charge < -0.3 is 15.2 Å². The molecule has 2 aromatic carbocycles. The third-order valence-corrected chi connectivity index (χ3v) is 5.14. The van der Waals surface area contributed by atoms with Gasteiger partial charge in [-0.3, -0.25) is 14.4 Å². The van der Waals surface area contributed by atoms with E-state index in [4.69, 9.17) is 0 Å². The van der Waals surface area contributed by atoms with Crippen molar-refractivity contribution in [2.24, 2.45) is 0 Å². The zero-order valence-electron chi connectivity index (χ0n) is 18.3. The Morgan fingerprint density at radius 3 is 2.16 bits per heavy atom. The summed E-state index contributed by atoms with van der Waals surface area (Å²) in [6.45, 7) is 5.89. The number of pyridine rings is 1. The van der Waals surface area contributed by atoms with Gasteiger partial charge in [0, 0.05) is 18.0 Å². The van der Waals surface area contributed by atoms with Gasteiger partial charge in [0.25, 0.3) is 11.5 Å². The fourth-order valence-electron chi connectivity index (χ4n) is 3.22. The van der Waals surface area contributed by atoms with Gasteiger partial charge in [-0.15, -0.1) is 0 Å². The Morgan fingerprint density at radius 1 is 0.906 bits per heavy atom. The molecule has 0 bridgehead atoms. The zero-order chi connectivity index (χ0) is 23.3. The molecule has 0 saturated heterocycles. The molecule has 0 spiro atoms. The third kappa shape index (κ3) is 5.91. The molecule has 6 nitrogen and oxygen atoms in total. The highest BCUT2D eigenvalue weighted by Gasteiger charge is 2.13. The van der Waals surface area contributed by atoms with Crippen LogP contribution in [-0.4, -0.2) is 16.4 Å². The minimum atomic E-state index is -0.468. The van der Waals surface area contributed by atoms with E-state index >= 15 is 0 Å². The Labute approximate surface area is 186 Å². The number of carbonyl (C=O) groups is 2. The minimum absolute atomic E-state index is 0.207. The van der Waals surface area contributed by atoms with Crippen molar-refractivity contribution in [2.75, 3.05) is 5.32 Å². The number of nitrogens with zero attached hydrogens (tertiary/aromatic N) is 1. The second-order valence-electron chi connectivity index (χ2n) is 7.96. The summed E-state index contributed by atoms with van der Waals surface area (Å²) in [6.07, 6.45) is 1.34. The summed E-state index contributed by atoms with van der Waals surface area (Å²) in [5, 5.41) is 5.51. The number of benzene rings is 2. The van der Waals surface area contributed by atoms with Crippen LogP contribution in [0.15, 0.2) is 71.7 Å². The maximum atomic E-state index is 13.0. The van der Waals surface area contributed by atoms with E-state index in [0.29, 0.717) is 11.6 Å². The number of hydrogen-bond acceptors (Lipinski definition) is 3. The van der Waals surface area contributed by atoms with Crippen LogP contribution in [0.25, 0.3) is 0 Å². The van der Waals surface area contributed by atoms with Gasteiger partial charge in [-0.1, -0.05) is 38.1 Å². The predicted molar refractivity (Wildman–Crippen MR) is 122 cm³/mol. The van der Waals surface area contributed by atoms with Crippen molar-refractivity contribution in [3.05, 3.63) is 99.7 Å². The van der Waals surface area contributed by atoms with E-state index in [1.54, 1.807) is 0 Å². The van der Waals surface area contributed by atoms with Crippen molar-refractivity contribution in [3.63, 3.8) is 0 Å². The van der Waals surface area contributed by atoms with E-state index in [2.05, 4.69) is 24.5 Å². The van der Waals surface area contributed by atoms with Crippen LogP contribution >= 0.6 is 0 Å². The van der Waals surface area contributed by atoms with Crippen LogP contribution in [-0.2, 0) is 11.3 Å². The average molecular weight is 435 g/mol. The van der Waals surface area contributed by atoms with Gasteiger partial charge in [0.15, 0.2) is 0 Å². The quantitative estimate of drug-likeness (QED) is 0.583.